The van der Waals surface area contributed by atoms with E-state index >= 15 is 0 Å². The van der Waals surface area contributed by atoms with Crippen LogP contribution in [0.2, 0.25) is 0 Å². The first-order valence-electron chi connectivity index (χ1n) is 8.58. The van der Waals surface area contributed by atoms with Crippen molar-refractivity contribution in [2.45, 2.75) is 45.6 Å². The van der Waals surface area contributed by atoms with Crippen molar-refractivity contribution in [3.63, 3.8) is 0 Å². The Morgan fingerprint density at radius 3 is 2.12 bits per heavy atom. The maximum Gasteiger partial charge on any atom is 0.220 e. The van der Waals surface area contributed by atoms with Crippen LogP contribution in [0.25, 0.3) is 0 Å². The lowest BCUT2D eigenvalue weighted by molar-refractivity contribution is -0.122. The lowest BCUT2D eigenvalue weighted by Gasteiger charge is -2.31. The second-order valence-corrected chi connectivity index (χ2v) is 6.94. The minimum atomic E-state index is -0.374. The fourth-order valence-corrected chi connectivity index (χ4v) is 3.02. The summed E-state index contributed by atoms with van der Waals surface area (Å²) in [5, 5.41) is 3.07. The second-order valence-electron chi connectivity index (χ2n) is 6.94. The SMILES string of the molecule is COc1cc(CCC(=O)NC(C)(CN)CC(C)C)cc(OC)c1OC. The van der Waals surface area contributed by atoms with Gasteiger partial charge in [0.15, 0.2) is 11.5 Å². The van der Waals surface area contributed by atoms with Crippen molar-refractivity contribution < 1.29 is 19.0 Å². The highest BCUT2D eigenvalue weighted by Gasteiger charge is 2.25. The van der Waals surface area contributed by atoms with Crippen LogP contribution in [0.5, 0.6) is 17.2 Å². The van der Waals surface area contributed by atoms with Gasteiger partial charge in [-0.1, -0.05) is 13.8 Å². The molecule has 0 aliphatic heterocycles. The number of hydrogen-bond donors (Lipinski definition) is 2. The quantitative estimate of drug-likeness (QED) is 0.676. The Balaban J connectivity index is 2.79. The van der Waals surface area contributed by atoms with E-state index in [4.69, 9.17) is 19.9 Å². The third kappa shape index (κ3) is 6.12. The van der Waals surface area contributed by atoms with Gasteiger partial charge in [0.25, 0.3) is 0 Å². The molecular formula is C19H32N2O4. The van der Waals surface area contributed by atoms with E-state index in [2.05, 4.69) is 19.2 Å². The zero-order valence-electron chi connectivity index (χ0n) is 16.3. The highest BCUT2D eigenvalue weighted by atomic mass is 16.5. The zero-order valence-corrected chi connectivity index (χ0v) is 16.3. The third-order valence-electron chi connectivity index (χ3n) is 4.12. The van der Waals surface area contributed by atoms with E-state index in [1.807, 2.05) is 19.1 Å². The third-order valence-corrected chi connectivity index (χ3v) is 4.12. The molecule has 0 aliphatic carbocycles. The van der Waals surface area contributed by atoms with Gasteiger partial charge in [-0.25, -0.2) is 0 Å². The molecule has 3 N–H and O–H groups in total. The van der Waals surface area contributed by atoms with Gasteiger partial charge in [-0.05, 0) is 43.4 Å². The Hall–Kier alpha value is -1.95. The van der Waals surface area contributed by atoms with Crippen molar-refractivity contribution in [3.05, 3.63) is 17.7 Å². The minimum absolute atomic E-state index is 0.0117. The Bertz CT molecular complexity index is 550. The number of methoxy groups -OCH3 is 3. The minimum Gasteiger partial charge on any atom is -0.493 e. The normalized spacial score (nSPS) is 13.3. The number of nitrogens with one attached hydrogen (secondary N) is 1. The van der Waals surface area contributed by atoms with Crippen LogP contribution in [0.4, 0.5) is 0 Å². The molecule has 0 saturated carbocycles. The lowest BCUT2D eigenvalue weighted by Crippen LogP contribution is -2.52. The van der Waals surface area contributed by atoms with Gasteiger partial charge in [-0.2, -0.15) is 0 Å². The summed E-state index contributed by atoms with van der Waals surface area (Å²) >= 11 is 0. The summed E-state index contributed by atoms with van der Waals surface area (Å²) in [5.41, 5.74) is 6.43. The molecule has 1 rings (SSSR count). The van der Waals surface area contributed by atoms with Gasteiger partial charge in [0.1, 0.15) is 0 Å². The summed E-state index contributed by atoms with van der Waals surface area (Å²) in [6.45, 7) is 6.65. The lowest BCUT2D eigenvalue weighted by atomic mass is 9.90. The number of ether oxygens (including phenoxy) is 3. The molecule has 0 spiro atoms. The molecule has 0 heterocycles. The van der Waals surface area contributed by atoms with E-state index in [0.29, 0.717) is 42.6 Å². The molecule has 0 aliphatic rings. The predicted molar refractivity (Wildman–Crippen MR) is 99.5 cm³/mol. The molecule has 6 nitrogen and oxygen atoms in total. The Morgan fingerprint density at radius 1 is 1.16 bits per heavy atom. The van der Waals surface area contributed by atoms with Gasteiger partial charge in [0.2, 0.25) is 11.7 Å². The Morgan fingerprint density at radius 2 is 1.72 bits per heavy atom. The standard InChI is InChI=1S/C19H32N2O4/c1-13(2)11-19(3,12-20)21-17(22)8-7-14-9-15(23-4)18(25-6)16(10-14)24-5/h9-10,13H,7-8,11-12,20H2,1-6H3,(H,21,22). The molecule has 6 heteroatoms. The molecule has 25 heavy (non-hydrogen) atoms. The van der Waals surface area contributed by atoms with Crippen LogP contribution in [0.3, 0.4) is 0 Å². The molecule has 0 bridgehead atoms. The molecule has 1 aromatic carbocycles. The molecule has 0 saturated heterocycles. The van der Waals surface area contributed by atoms with Crippen molar-refractivity contribution in [1.82, 2.24) is 5.32 Å². The van der Waals surface area contributed by atoms with Crippen LogP contribution in [0.15, 0.2) is 12.1 Å². The van der Waals surface area contributed by atoms with Crippen LogP contribution in [-0.4, -0.2) is 39.3 Å². The van der Waals surface area contributed by atoms with Gasteiger partial charge in [0.05, 0.1) is 21.3 Å². The Labute approximate surface area is 151 Å². The molecule has 142 valence electrons. The van der Waals surface area contributed by atoms with E-state index in [1.165, 1.54) is 0 Å². The number of amides is 1. The molecule has 1 aromatic rings. The fourth-order valence-electron chi connectivity index (χ4n) is 3.02. The van der Waals surface area contributed by atoms with Crippen LogP contribution < -0.4 is 25.3 Å². The average Bonchev–Trinajstić information content (AvgIpc) is 2.57. The van der Waals surface area contributed by atoms with Crippen molar-refractivity contribution in [3.8, 4) is 17.2 Å². The first-order chi connectivity index (χ1) is 11.8. The largest absolute Gasteiger partial charge is 0.493 e. The second kappa shape index (κ2) is 9.51. The maximum atomic E-state index is 12.4. The average molecular weight is 352 g/mol. The van der Waals surface area contributed by atoms with E-state index in [-0.39, 0.29) is 11.4 Å². The first-order valence-corrected chi connectivity index (χ1v) is 8.58. The van der Waals surface area contributed by atoms with E-state index in [9.17, 15) is 4.79 Å². The van der Waals surface area contributed by atoms with Crippen molar-refractivity contribution in [1.29, 1.82) is 0 Å². The van der Waals surface area contributed by atoms with Crippen molar-refractivity contribution in [2.75, 3.05) is 27.9 Å². The number of hydrogen-bond acceptors (Lipinski definition) is 5. The molecule has 0 aromatic heterocycles. The number of carbonyl (C=O) groups excluding carboxylic acids is 1. The monoisotopic (exact) mass is 352 g/mol. The summed E-state index contributed by atoms with van der Waals surface area (Å²) in [5.74, 6) is 2.17. The summed E-state index contributed by atoms with van der Waals surface area (Å²) in [6, 6.07) is 3.73. The van der Waals surface area contributed by atoms with Gasteiger partial charge >= 0.3 is 0 Å². The van der Waals surface area contributed by atoms with Crippen LogP contribution in [-0.2, 0) is 11.2 Å². The number of carbonyl (C=O) groups is 1. The number of aryl methyl sites for hydroxylation is 1. The molecule has 1 amide bonds. The van der Waals surface area contributed by atoms with Crippen LogP contribution in [0.1, 0.15) is 39.2 Å². The highest BCUT2D eigenvalue weighted by molar-refractivity contribution is 5.77. The van der Waals surface area contributed by atoms with Gasteiger partial charge in [0, 0.05) is 18.5 Å². The number of nitrogens with two attached hydrogens (primary N) is 1. The summed E-state index contributed by atoms with van der Waals surface area (Å²) in [6.07, 6.45) is 1.79. The van der Waals surface area contributed by atoms with Gasteiger partial charge in [-0.3, -0.25) is 4.79 Å². The Kier molecular flexibility index (Phi) is 8.03. The smallest absolute Gasteiger partial charge is 0.220 e. The van der Waals surface area contributed by atoms with Gasteiger partial charge in [-0.15, -0.1) is 0 Å². The number of rotatable bonds is 10. The van der Waals surface area contributed by atoms with Crippen molar-refractivity contribution in [2.24, 2.45) is 11.7 Å². The molecule has 0 radical (unpaired) electrons. The molecule has 1 unspecified atom stereocenters. The fraction of sp³-hybridized carbons (Fsp3) is 0.632. The van der Waals surface area contributed by atoms with Crippen molar-refractivity contribution >= 4 is 5.91 Å². The maximum absolute atomic E-state index is 12.4. The van der Waals surface area contributed by atoms with Gasteiger partial charge < -0.3 is 25.3 Å². The summed E-state index contributed by atoms with van der Waals surface area (Å²) in [4.78, 5) is 12.4. The van der Waals surface area contributed by atoms with E-state index in [0.717, 1.165) is 12.0 Å². The topological polar surface area (TPSA) is 82.8 Å². The highest BCUT2D eigenvalue weighted by Crippen LogP contribution is 2.38. The first kappa shape index (κ1) is 21.1. The summed E-state index contributed by atoms with van der Waals surface area (Å²) in [7, 11) is 4.72. The van der Waals surface area contributed by atoms with Crippen LogP contribution >= 0.6 is 0 Å². The predicted octanol–water partition coefficient (Wildman–Crippen LogP) is 2.52. The zero-order chi connectivity index (χ0) is 19.0. The molecule has 0 fully saturated rings. The number of benzene rings is 1. The van der Waals surface area contributed by atoms with Crippen LogP contribution in [0, 0.1) is 5.92 Å². The van der Waals surface area contributed by atoms with E-state index < -0.39 is 0 Å². The molecule has 1 atom stereocenters. The van der Waals surface area contributed by atoms with E-state index in [1.54, 1.807) is 21.3 Å². The summed E-state index contributed by atoms with van der Waals surface area (Å²) < 4.78 is 16.0. The molecular weight excluding hydrogens is 320 g/mol.